The van der Waals surface area contributed by atoms with Crippen LogP contribution in [0.1, 0.15) is 11.1 Å². The van der Waals surface area contributed by atoms with E-state index in [0.717, 1.165) is 24.3 Å². The Morgan fingerprint density at radius 1 is 0.457 bits per heavy atom. The van der Waals surface area contributed by atoms with Gasteiger partial charge in [-0.3, -0.25) is 0 Å². The van der Waals surface area contributed by atoms with Crippen molar-refractivity contribution in [1.29, 1.82) is 10.5 Å². The molecule has 0 saturated heterocycles. The predicted molar refractivity (Wildman–Crippen MR) is 162 cm³/mol. The Labute approximate surface area is 255 Å². The number of rotatable bonds is 2. The largest absolute Gasteiger partial charge is 0.416 e. The van der Waals surface area contributed by atoms with Crippen molar-refractivity contribution < 1.29 is 26.3 Å². The second kappa shape index (κ2) is 10.3. The molecule has 0 bridgehead atoms. The highest BCUT2D eigenvalue weighted by molar-refractivity contribution is 6.35. The zero-order valence-corrected chi connectivity index (χ0v) is 23.3. The lowest BCUT2D eigenvalue weighted by Crippen LogP contribution is -2.06. The molecule has 0 saturated carbocycles. The SMILES string of the molecule is N#C/N=c1\c2cc(C(F)(F)F)ccc2c2c(-c3ccccc3)c3/c(=N/C#N)c4cc(C(F)(F)F)ccc4c3c(-c3ccccc3)c12. The second-order valence-corrected chi connectivity index (χ2v) is 10.6. The van der Waals surface area contributed by atoms with E-state index in [2.05, 4.69) is 9.98 Å². The fraction of sp³-hybridized carbons (Fsp3) is 0.0556. The van der Waals surface area contributed by atoms with Crippen molar-refractivity contribution >= 4 is 43.1 Å². The normalized spacial score (nSPS) is 13.2. The molecule has 4 nitrogen and oxygen atoms in total. The minimum atomic E-state index is -4.68. The molecular formula is C36H16F6N4. The summed E-state index contributed by atoms with van der Waals surface area (Å²) in [6.07, 6.45) is -5.88. The Bertz CT molecular complexity index is 2380. The maximum atomic E-state index is 14.0. The number of hydrogen-bond donors (Lipinski definition) is 0. The van der Waals surface area contributed by atoms with E-state index >= 15 is 0 Å². The minimum absolute atomic E-state index is 0.00318. The smallest absolute Gasteiger partial charge is 0.172 e. The van der Waals surface area contributed by atoms with Crippen LogP contribution in [0.3, 0.4) is 0 Å². The van der Waals surface area contributed by atoms with Gasteiger partial charge in [0, 0.05) is 43.4 Å². The van der Waals surface area contributed by atoms with E-state index < -0.39 is 23.5 Å². The first-order chi connectivity index (χ1) is 22.0. The summed E-state index contributed by atoms with van der Waals surface area (Å²) in [4.78, 5) is 8.11. The van der Waals surface area contributed by atoms with Crippen LogP contribution >= 0.6 is 0 Å². The number of hydrogen-bond acceptors (Lipinski definition) is 4. The topological polar surface area (TPSA) is 72.3 Å². The summed E-state index contributed by atoms with van der Waals surface area (Å²) in [6, 6.07) is 24.0. The van der Waals surface area contributed by atoms with Crippen LogP contribution in [0.15, 0.2) is 107 Å². The fourth-order valence-electron chi connectivity index (χ4n) is 6.42. The van der Waals surface area contributed by atoms with Gasteiger partial charge >= 0.3 is 12.4 Å². The molecule has 0 radical (unpaired) electrons. The lowest BCUT2D eigenvalue weighted by atomic mass is 9.88. The van der Waals surface area contributed by atoms with Crippen molar-refractivity contribution in [2.45, 2.75) is 12.4 Å². The highest BCUT2D eigenvalue weighted by Gasteiger charge is 2.34. The molecule has 46 heavy (non-hydrogen) atoms. The van der Waals surface area contributed by atoms with Gasteiger partial charge in [-0.2, -0.15) is 46.9 Å². The van der Waals surface area contributed by atoms with Gasteiger partial charge in [-0.1, -0.05) is 72.8 Å². The van der Waals surface area contributed by atoms with E-state index in [-0.39, 0.29) is 21.5 Å². The summed E-state index contributed by atoms with van der Waals surface area (Å²) in [5.74, 6) is 0. The van der Waals surface area contributed by atoms with Gasteiger partial charge in [0.15, 0.2) is 0 Å². The van der Waals surface area contributed by atoms with Gasteiger partial charge in [-0.05, 0) is 46.2 Å². The third kappa shape index (κ3) is 4.30. The molecule has 7 aromatic rings. The first-order valence-electron chi connectivity index (χ1n) is 13.8. The number of halogens is 6. The molecule has 0 aromatic heterocycles. The van der Waals surface area contributed by atoms with Crippen LogP contribution in [0.5, 0.6) is 0 Å². The summed E-state index contributed by atoms with van der Waals surface area (Å²) in [5.41, 5.74) is 0.163. The predicted octanol–water partition coefficient (Wildman–Crippen LogP) is 9.31. The molecule has 0 heterocycles. The first-order valence-corrected chi connectivity index (χ1v) is 13.8. The number of nitrogens with zero attached hydrogens (tertiary/aromatic N) is 4. The molecule has 0 atom stereocenters. The summed E-state index contributed by atoms with van der Waals surface area (Å²) in [7, 11) is 0. The first kappa shape index (κ1) is 28.8. The average Bonchev–Trinajstić information content (AvgIpc) is 3.52. The molecule has 0 spiro atoms. The van der Waals surface area contributed by atoms with E-state index in [1.165, 1.54) is 12.1 Å². The van der Waals surface area contributed by atoms with Crippen molar-refractivity contribution in [2.24, 2.45) is 9.98 Å². The van der Waals surface area contributed by atoms with Gasteiger partial charge in [0.25, 0.3) is 0 Å². The minimum Gasteiger partial charge on any atom is -0.172 e. The Morgan fingerprint density at radius 3 is 1.15 bits per heavy atom. The summed E-state index contributed by atoms with van der Waals surface area (Å²) in [5, 5.41) is 22.0. The number of benzene rings is 5. The average molecular weight is 619 g/mol. The third-order valence-electron chi connectivity index (χ3n) is 8.16. The molecule has 0 aliphatic carbocycles. The van der Waals surface area contributed by atoms with Crippen molar-refractivity contribution in [1.82, 2.24) is 0 Å². The Hall–Kier alpha value is -6.00. The zero-order chi connectivity index (χ0) is 32.4. The molecular weight excluding hydrogens is 602 g/mol. The van der Waals surface area contributed by atoms with E-state index in [4.69, 9.17) is 0 Å². The van der Waals surface area contributed by atoms with Crippen LogP contribution < -0.4 is 10.7 Å². The molecule has 0 N–H and O–H groups in total. The molecule has 0 aliphatic heterocycles. The van der Waals surface area contributed by atoms with Crippen molar-refractivity contribution in [3.63, 3.8) is 0 Å². The van der Waals surface area contributed by atoms with Gasteiger partial charge in [0.2, 0.25) is 12.4 Å². The van der Waals surface area contributed by atoms with Crippen LogP contribution in [0.4, 0.5) is 26.3 Å². The maximum Gasteiger partial charge on any atom is 0.416 e. The number of fused-ring (bicyclic) bond motifs is 6. The lowest BCUT2D eigenvalue weighted by Gasteiger charge is -2.14. The van der Waals surface area contributed by atoms with Gasteiger partial charge in [-0.15, -0.1) is 0 Å². The van der Waals surface area contributed by atoms with E-state index in [1.54, 1.807) is 73.0 Å². The summed E-state index contributed by atoms with van der Waals surface area (Å²) < 4.78 is 83.8. The van der Waals surface area contributed by atoms with Crippen molar-refractivity contribution in [3.8, 4) is 34.6 Å². The zero-order valence-electron chi connectivity index (χ0n) is 23.3. The molecule has 7 aromatic carbocycles. The third-order valence-corrected chi connectivity index (χ3v) is 8.16. The summed E-state index contributed by atoms with van der Waals surface area (Å²) in [6.45, 7) is 0. The molecule has 0 fully saturated rings. The second-order valence-electron chi connectivity index (χ2n) is 10.6. The highest BCUT2D eigenvalue weighted by Crippen LogP contribution is 2.48. The molecule has 0 unspecified atom stereocenters. The van der Waals surface area contributed by atoms with E-state index in [1.807, 2.05) is 0 Å². The van der Waals surface area contributed by atoms with Gasteiger partial charge < -0.3 is 0 Å². The molecule has 0 amide bonds. The van der Waals surface area contributed by atoms with Crippen LogP contribution in [0.2, 0.25) is 0 Å². The Morgan fingerprint density at radius 2 is 0.826 bits per heavy atom. The molecule has 7 rings (SSSR count). The van der Waals surface area contributed by atoms with Crippen LogP contribution in [0, 0.1) is 22.9 Å². The maximum absolute atomic E-state index is 14.0. The number of nitriles is 2. The monoisotopic (exact) mass is 618 g/mol. The van der Waals surface area contributed by atoms with Gasteiger partial charge in [-0.25, -0.2) is 0 Å². The molecule has 0 aliphatic rings. The highest BCUT2D eigenvalue weighted by atomic mass is 19.4. The van der Waals surface area contributed by atoms with Crippen LogP contribution in [-0.2, 0) is 12.4 Å². The molecule has 10 heteroatoms. The van der Waals surface area contributed by atoms with Crippen LogP contribution in [0.25, 0.3) is 65.3 Å². The molecule has 222 valence electrons. The Balaban J connectivity index is 1.91. The standard InChI is InChI=1S/C36H16F6N4/c37-35(38,39)21-11-13-23-25(15-21)34(46-18-44)32-28(20-9-5-2-6-10-20)30-24-14-12-22(36(40,41)42)16-26(24)33(45-17-43)31(30)27(29(23)32)19-7-3-1-4-8-19/h1-16H/b45-33+,46-34+. The quantitative estimate of drug-likeness (QED) is 0.143. The lowest BCUT2D eigenvalue weighted by molar-refractivity contribution is -0.138. The van der Waals surface area contributed by atoms with Crippen molar-refractivity contribution in [2.75, 3.05) is 0 Å². The van der Waals surface area contributed by atoms with Crippen LogP contribution in [-0.4, -0.2) is 0 Å². The van der Waals surface area contributed by atoms with Gasteiger partial charge in [0.1, 0.15) is 0 Å². The number of alkyl halides is 6. The van der Waals surface area contributed by atoms with E-state index in [0.29, 0.717) is 54.6 Å². The van der Waals surface area contributed by atoms with E-state index in [9.17, 15) is 36.9 Å². The van der Waals surface area contributed by atoms with Crippen molar-refractivity contribution in [3.05, 3.63) is 119 Å². The fourth-order valence-corrected chi connectivity index (χ4v) is 6.42. The Kier molecular flexibility index (Phi) is 6.43. The van der Waals surface area contributed by atoms with Gasteiger partial charge in [0.05, 0.1) is 21.8 Å². The summed E-state index contributed by atoms with van der Waals surface area (Å²) >= 11 is 0.